The van der Waals surface area contributed by atoms with Gasteiger partial charge in [0.2, 0.25) is 5.91 Å². The van der Waals surface area contributed by atoms with E-state index in [1.165, 1.54) is 29.6 Å². The maximum Gasteiger partial charge on any atom is 0.335 e. The average molecular weight is 794 g/mol. The number of rotatable bonds is 9. The Hall–Kier alpha value is -3.22. The highest BCUT2D eigenvalue weighted by molar-refractivity contribution is 6.30. The van der Waals surface area contributed by atoms with Crippen LogP contribution in [0.5, 0.6) is 0 Å². The minimum Gasteiger partial charge on any atom is -0.478 e. The van der Waals surface area contributed by atoms with E-state index < -0.39 is 11.4 Å². The van der Waals surface area contributed by atoms with Crippen LogP contribution in [0.15, 0.2) is 65.8 Å². The summed E-state index contributed by atoms with van der Waals surface area (Å²) >= 11 is 6.32. The largest absolute Gasteiger partial charge is 0.478 e. The van der Waals surface area contributed by atoms with Crippen molar-refractivity contribution in [3.05, 3.63) is 87.5 Å². The van der Waals surface area contributed by atoms with Gasteiger partial charge in [0.15, 0.2) is 5.78 Å². The third kappa shape index (κ3) is 5.83. The number of carbonyl (C=O) groups is 3. The van der Waals surface area contributed by atoms with Crippen molar-refractivity contribution in [1.29, 1.82) is 0 Å². The summed E-state index contributed by atoms with van der Waals surface area (Å²) in [5.74, 6) is 1.41. The fourth-order valence-electron chi connectivity index (χ4n) is 14.5. The van der Waals surface area contributed by atoms with E-state index in [1.807, 2.05) is 36.4 Å². The van der Waals surface area contributed by atoms with Crippen molar-refractivity contribution in [2.24, 2.45) is 56.7 Å². The van der Waals surface area contributed by atoms with Crippen LogP contribution in [0.25, 0.3) is 5.57 Å². The molecule has 1 N–H and O–H groups in total. The SMILES string of the molecule is CC(C)C1=C2C3CC[C@@H]4[C@@]5(C)CC=C(c6ccc(C(=O)O)cc6)[C@]6(CC6C)[C@@H]5CC[C@@]4(C)[C@]3(C)CC[C@@]2(C(=O)N(CCN(C)C)[C@H](C)c2ccc(Cl)cc2)CC1=O. The van der Waals surface area contributed by atoms with Gasteiger partial charge in [-0.15, -0.1) is 0 Å². The summed E-state index contributed by atoms with van der Waals surface area (Å²) in [5.41, 5.74) is 5.70. The monoisotopic (exact) mass is 792 g/mol. The van der Waals surface area contributed by atoms with Gasteiger partial charge in [-0.05, 0) is 170 Å². The van der Waals surface area contributed by atoms with Crippen LogP contribution in [0.3, 0.4) is 0 Å². The Bertz CT molecular complexity index is 2030. The van der Waals surface area contributed by atoms with Gasteiger partial charge in [0.1, 0.15) is 0 Å². The zero-order chi connectivity index (χ0) is 41.0. The molecule has 306 valence electrons. The van der Waals surface area contributed by atoms with Gasteiger partial charge >= 0.3 is 5.97 Å². The molecular weight excluding hydrogens is 728 g/mol. The van der Waals surface area contributed by atoms with Crippen LogP contribution in [0.1, 0.15) is 134 Å². The molecule has 0 bridgehead atoms. The van der Waals surface area contributed by atoms with Gasteiger partial charge in [0, 0.05) is 29.9 Å². The van der Waals surface area contributed by atoms with Gasteiger partial charge in [-0.25, -0.2) is 4.79 Å². The van der Waals surface area contributed by atoms with Gasteiger partial charge in [-0.1, -0.05) is 83.5 Å². The predicted octanol–water partition coefficient (Wildman–Crippen LogP) is 11.2. The number of benzene rings is 2. The maximum atomic E-state index is 15.7. The lowest BCUT2D eigenvalue weighted by molar-refractivity contribution is -0.195. The molecule has 0 heterocycles. The number of Topliss-reactive ketones (excluding diaryl/α,β-unsaturated/α-hetero) is 1. The molecule has 4 fully saturated rings. The topological polar surface area (TPSA) is 77.9 Å². The van der Waals surface area contributed by atoms with Crippen molar-refractivity contribution in [2.75, 3.05) is 27.2 Å². The molecule has 0 radical (unpaired) electrons. The third-order valence-electron chi connectivity index (χ3n) is 17.7. The van der Waals surface area contributed by atoms with E-state index in [0.29, 0.717) is 41.3 Å². The Morgan fingerprint density at radius 2 is 1.54 bits per heavy atom. The van der Waals surface area contributed by atoms with Crippen LogP contribution in [-0.2, 0) is 9.59 Å². The zero-order valence-electron chi connectivity index (χ0n) is 35.9. The molecule has 2 aromatic carbocycles. The number of hydrogen-bond acceptors (Lipinski definition) is 4. The number of carboxylic acid groups (broad SMARTS) is 1. The fourth-order valence-corrected chi connectivity index (χ4v) is 14.7. The molecular formula is C50H65ClN2O4. The highest BCUT2D eigenvalue weighted by Gasteiger charge is 2.73. The van der Waals surface area contributed by atoms with Gasteiger partial charge in [-0.2, -0.15) is 0 Å². The molecule has 4 saturated carbocycles. The smallest absolute Gasteiger partial charge is 0.335 e. The minimum absolute atomic E-state index is 0.0387. The molecule has 8 rings (SSSR count). The molecule has 6 nitrogen and oxygen atoms in total. The van der Waals surface area contributed by atoms with Crippen molar-refractivity contribution in [2.45, 2.75) is 112 Å². The predicted molar refractivity (Wildman–Crippen MR) is 229 cm³/mol. The number of likely N-dealkylation sites (N-methyl/N-ethyl adjacent to an activating group) is 1. The summed E-state index contributed by atoms with van der Waals surface area (Å²) in [6.07, 6.45) is 11.2. The quantitative estimate of drug-likeness (QED) is 0.274. The minimum atomic E-state index is -0.881. The highest BCUT2D eigenvalue weighted by Crippen LogP contribution is 2.81. The Kier molecular flexibility index (Phi) is 9.91. The lowest BCUT2D eigenvalue weighted by Gasteiger charge is -2.71. The van der Waals surface area contributed by atoms with Crippen LogP contribution in [-0.4, -0.2) is 59.8 Å². The van der Waals surface area contributed by atoms with Gasteiger partial charge in [0.05, 0.1) is 17.0 Å². The molecule has 0 aliphatic heterocycles. The lowest BCUT2D eigenvalue weighted by atomic mass is 9.33. The number of allylic oxidation sites excluding steroid dienone is 3. The van der Waals surface area contributed by atoms with Gasteiger partial charge in [0.25, 0.3) is 0 Å². The normalized spacial score (nSPS) is 37.3. The summed E-state index contributed by atoms with van der Waals surface area (Å²) in [5, 5.41) is 10.3. The maximum absolute atomic E-state index is 15.7. The second kappa shape index (κ2) is 13.9. The van der Waals surface area contributed by atoms with Crippen molar-refractivity contribution in [3.63, 3.8) is 0 Å². The molecule has 7 heteroatoms. The third-order valence-corrected chi connectivity index (χ3v) is 17.9. The number of ketones is 1. The molecule has 2 unspecified atom stereocenters. The number of nitrogens with zero attached hydrogens (tertiary/aromatic N) is 2. The van der Waals surface area contributed by atoms with Crippen LogP contribution in [0.2, 0.25) is 5.02 Å². The highest BCUT2D eigenvalue weighted by atomic mass is 35.5. The number of hydrogen-bond donors (Lipinski definition) is 1. The van der Waals surface area contributed by atoms with Crippen LogP contribution in [0.4, 0.5) is 0 Å². The molecule has 1 amide bonds. The first kappa shape index (κ1) is 40.6. The standard InChI is InChI=1S/C50H65ClN2O4/c1-30(2)42-39(54)29-49(45(57)53(27-26-52(8)9)32(4)33-14-16-36(51)17-15-33)25-24-47(6)38(43(42)49)18-19-40-46(5)22-20-37(34-10-12-35(13-11-34)44(55)56)50(28-31(50)3)41(46)21-23-48(40,47)7/h10-17,20,30-32,38,40-41H,18-19,21-29H2,1-9H3,(H,55,56)/t31?,32-,38?,40-,41-,46-,47-,48-,49-,50-/m1/s1. The molecule has 1 spiro atoms. The van der Waals surface area contributed by atoms with Crippen molar-refractivity contribution in [1.82, 2.24) is 9.80 Å². The van der Waals surface area contributed by atoms with Crippen LogP contribution >= 0.6 is 11.6 Å². The van der Waals surface area contributed by atoms with Gasteiger partial charge in [-0.3, -0.25) is 9.59 Å². The molecule has 10 atom stereocenters. The van der Waals surface area contributed by atoms with E-state index in [1.54, 1.807) is 12.1 Å². The van der Waals surface area contributed by atoms with Crippen molar-refractivity contribution in [3.8, 4) is 0 Å². The molecule has 6 aliphatic carbocycles. The van der Waals surface area contributed by atoms with E-state index in [2.05, 4.69) is 78.4 Å². The van der Waals surface area contributed by atoms with Crippen LogP contribution < -0.4 is 0 Å². The second-order valence-corrected chi connectivity index (χ2v) is 21.1. The number of fused-ring (bicyclic) bond motifs is 8. The van der Waals surface area contributed by atoms with E-state index >= 15 is 4.79 Å². The molecule has 0 aromatic heterocycles. The lowest BCUT2D eigenvalue weighted by Crippen LogP contribution is -2.64. The number of aromatic carboxylic acids is 1. The number of carboxylic acids is 1. The first-order valence-electron chi connectivity index (χ1n) is 21.9. The van der Waals surface area contributed by atoms with E-state index in [9.17, 15) is 14.7 Å². The summed E-state index contributed by atoms with van der Waals surface area (Å²) < 4.78 is 0. The summed E-state index contributed by atoms with van der Waals surface area (Å²) in [6, 6.07) is 15.4. The summed E-state index contributed by atoms with van der Waals surface area (Å²) in [4.78, 5) is 46.0. The Morgan fingerprint density at radius 1 is 0.877 bits per heavy atom. The Balaban J connectivity index is 1.17. The van der Waals surface area contributed by atoms with E-state index in [0.717, 1.165) is 56.2 Å². The second-order valence-electron chi connectivity index (χ2n) is 20.7. The first-order chi connectivity index (χ1) is 26.9. The average Bonchev–Trinajstić information content (AvgIpc) is 3.69. The molecule has 0 saturated heterocycles. The molecule has 6 aliphatic rings. The van der Waals surface area contributed by atoms with E-state index in [4.69, 9.17) is 11.6 Å². The van der Waals surface area contributed by atoms with Crippen LogP contribution in [0, 0.1) is 56.7 Å². The van der Waals surface area contributed by atoms with Gasteiger partial charge < -0.3 is 14.9 Å². The number of halogens is 1. The Labute approximate surface area is 346 Å². The summed E-state index contributed by atoms with van der Waals surface area (Å²) in [6.45, 7) is 18.1. The number of carbonyl (C=O) groups excluding carboxylic acids is 2. The van der Waals surface area contributed by atoms with Crippen molar-refractivity contribution < 1.29 is 19.5 Å². The fraction of sp³-hybridized carbons (Fsp3) is 0.620. The van der Waals surface area contributed by atoms with E-state index in [-0.39, 0.29) is 51.2 Å². The molecule has 2 aromatic rings. The molecule has 57 heavy (non-hydrogen) atoms. The van der Waals surface area contributed by atoms with Crippen molar-refractivity contribution >= 4 is 34.8 Å². The first-order valence-corrected chi connectivity index (χ1v) is 22.3. The Morgan fingerprint density at radius 3 is 2.14 bits per heavy atom. The summed E-state index contributed by atoms with van der Waals surface area (Å²) in [7, 11) is 4.12. The zero-order valence-corrected chi connectivity index (χ0v) is 36.6. The number of amides is 1.